The molecule has 0 bridgehead atoms. The van der Waals surface area contributed by atoms with Gasteiger partial charge in [0.05, 0.1) is 27.9 Å². The fourth-order valence-corrected chi connectivity index (χ4v) is 5.02. The third-order valence-electron chi connectivity index (χ3n) is 7.16. The van der Waals surface area contributed by atoms with E-state index in [0.717, 1.165) is 0 Å². The minimum Gasteiger partial charge on any atom is -0.285 e. The highest BCUT2D eigenvalue weighted by atomic mass is 16.6. The number of carbonyl (C=O) groups excluding carboxylic acids is 1. The van der Waals surface area contributed by atoms with Gasteiger partial charge < -0.3 is 0 Å². The van der Waals surface area contributed by atoms with E-state index >= 15 is 0 Å². The van der Waals surface area contributed by atoms with Gasteiger partial charge in [-0.2, -0.15) is 0 Å². The molecule has 1 amide bonds. The molecule has 9 heteroatoms. The van der Waals surface area contributed by atoms with Crippen molar-refractivity contribution < 1.29 is 9.72 Å². The molecule has 1 fully saturated rings. The van der Waals surface area contributed by atoms with Gasteiger partial charge in [-0.1, -0.05) is 36.4 Å². The minimum atomic E-state index is -0.471. The van der Waals surface area contributed by atoms with Crippen molar-refractivity contribution in [1.29, 1.82) is 0 Å². The molecule has 1 unspecified atom stereocenters. The Balaban J connectivity index is 1.81. The maximum absolute atomic E-state index is 14.1. The number of amides is 1. The van der Waals surface area contributed by atoms with Crippen LogP contribution in [0.1, 0.15) is 23.7 Å². The maximum Gasteiger partial charge on any atom is 0.279 e. The average molecular weight is 510 g/mol. The summed E-state index contributed by atoms with van der Waals surface area (Å²) in [6.45, 7) is 3.75. The quantitative estimate of drug-likeness (QED) is 0.225. The van der Waals surface area contributed by atoms with E-state index in [9.17, 15) is 19.7 Å². The third kappa shape index (κ3) is 3.93. The predicted molar refractivity (Wildman–Crippen MR) is 146 cm³/mol. The van der Waals surface area contributed by atoms with Crippen LogP contribution in [0.5, 0.6) is 0 Å². The number of hydrazine groups is 1. The van der Waals surface area contributed by atoms with Crippen molar-refractivity contribution in [1.82, 2.24) is 14.4 Å². The molecule has 1 aliphatic rings. The van der Waals surface area contributed by atoms with Gasteiger partial charge in [-0.05, 0) is 55.8 Å². The summed E-state index contributed by atoms with van der Waals surface area (Å²) in [4.78, 5) is 39.0. The highest BCUT2D eigenvalue weighted by Gasteiger charge is 2.42. The lowest BCUT2D eigenvalue weighted by molar-refractivity contribution is -0.384. The number of benzene rings is 3. The number of nitrogens with zero attached hydrogens (tertiary/aromatic N) is 5. The maximum atomic E-state index is 14.1. The van der Waals surface area contributed by atoms with E-state index in [-0.39, 0.29) is 23.2 Å². The smallest absolute Gasteiger partial charge is 0.279 e. The molecule has 4 aromatic rings. The highest BCUT2D eigenvalue weighted by Crippen LogP contribution is 2.38. The molecule has 0 N–H and O–H groups in total. The summed E-state index contributed by atoms with van der Waals surface area (Å²) in [5, 5.41) is 14.8. The molecule has 3 aromatic carbocycles. The van der Waals surface area contributed by atoms with Crippen molar-refractivity contribution in [2.45, 2.75) is 19.9 Å². The van der Waals surface area contributed by atoms with Gasteiger partial charge in [0.25, 0.3) is 17.2 Å². The van der Waals surface area contributed by atoms with Gasteiger partial charge in [0.2, 0.25) is 0 Å². The predicted octanol–water partition coefficient (Wildman–Crippen LogP) is 4.48. The number of nitro groups is 1. The molecule has 1 saturated heterocycles. The Bertz CT molecular complexity index is 1620. The summed E-state index contributed by atoms with van der Waals surface area (Å²) in [5.41, 5.74) is 3.56. The first-order valence-corrected chi connectivity index (χ1v) is 12.2. The molecule has 1 aromatic heterocycles. The molecule has 5 rings (SSSR count). The third-order valence-corrected chi connectivity index (χ3v) is 7.16. The number of non-ortho nitro benzene ring substituents is 1. The molecule has 9 nitrogen and oxygen atoms in total. The topological polar surface area (TPSA) is 93.6 Å². The molecular formula is C29H27N5O4. The van der Waals surface area contributed by atoms with Gasteiger partial charge in [0, 0.05) is 43.1 Å². The number of anilines is 1. The van der Waals surface area contributed by atoms with Crippen LogP contribution in [0.3, 0.4) is 0 Å². The van der Waals surface area contributed by atoms with Crippen LogP contribution < -0.4 is 10.6 Å². The first-order valence-electron chi connectivity index (χ1n) is 12.2. The normalized spacial score (nSPS) is 17.2. The van der Waals surface area contributed by atoms with Crippen LogP contribution >= 0.6 is 0 Å². The summed E-state index contributed by atoms with van der Waals surface area (Å²) in [5.74, 6) is -0.256. The molecule has 2 heterocycles. The Labute approximate surface area is 219 Å². The monoisotopic (exact) mass is 509 g/mol. The van der Waals surface area contributed by atoms with Gasteiger partial charge in [-0.3, -0.25) is 24.4 Å². The Hall–Kier alpha value is -4.76. The Morgan fingerprint density at radius 3 is 1.95 bits per heavy atom. The summed E-state index contributed by atoms with van der Waals surface area (Å²) in [6, 6.07) is 24.2. The van der Waals surface area contributed by atoms with Crippen LogP contribution in [0.25, 0.3) is 11.3 Å². The van der Waals surface area contributed by atoms with Gasteiger partial charge in [0.15, 0.2) is 0 Å². The number of nitro benzene ring substituents is 1. The van der Waals surface area contributed by atoms with Crippen molar-refractivity contribution in [3.05, 3.63) is 128 Å². The van der Waals surface area contributed by atoms with Crippen LogP contribution in [0.4, 0.5) is 11.4 Å². The zero-order valence-corrected chi connectivity index (χ0v) is 21.5. The second kappa shape index (κ2) is 9.60. The van der Waals surface area contributed by atoms with Crippen molar-refractivity contribution in [2.24, 2.45) is 7.05 Å². The largest absolute Gasteiger partial charge is 0.285 e. The molecule has 1 aliphatic heterocycles. The number of hydrogen-bond acceptors (Lipinski definition) is 5. The van der Waals surface area contributed by atoms with Gasteiger partial charge >= 0.3 is 0 Å². The van der Waals surface area contributed by atoms with E-state index in [1.807, 2.05) is 86.6 Å². The lowest BCUT2D eigenvalue weighted by Gasteiger charge is -2.25. The highest BCUT2D eigenvalue weighted by molar-refractivity contribution is 6.15. The average Bonchev–Trinajstić information content (AvgIpc) is 3.28. The standard InChI is InChI=1S/C29H27N5O4/c1-19-25(28(35)32(30(19)3)22-11-7-5-8-12-22)27(21-15-17-24(18-16-21)34(37)38)26-20(2)31(4)33(29(26)36)23-13-9-6-10-14-23/h5-19H,1-4H3. The lowest BCUT2D eigenvalue weighted by atomic mass is 9.90. The Morgan fingerprint density at radius 1 is 0.842 bits per heavy atom. The first kappa shape index (κ1) is 24.9. The summed E-state index contributed by atoms with van der Waals surface area (Å²) < 4.78 is 3.33. The number of aromatic nitrogens is 2. The van der Waals surface area contributed by atoms with Crippen molar-refractivity contribution in [2.75, 3.05) is 12.1 Å². The number of rotatable bonds is 5. The van der Waals surface area contributed by atoms with Gasteiger partial charge in [0.1, 0.15) is 0 Å². The van der Waals surface area contributed by atoms with E-state index in [1.165, 1.54) is 12.1 Å². The van der Waals surface area contributed by atoms with E-state index in [2.05, 4.69) is 0 Å². The van der Waals surface area contributed by atoms with E-state index < -0.39 is 4.92 Å². The van der Waals surface area contributed by atoms with Crippen LogP contribution in [-0.4, -0.2) is 38.3 Å². The Morgan fingerprint density at radius 2 is 1.39 bits per heavy atom. The Kier molecular flexibility index (Phi) is 6.30. The molecule has 0 aliphatic carbocycles. The van der Waals surface area contributed by atoms with Crippen molar-refractivity contribution in [3.8, 4) is 5.69 Å². The molecule has 0 spiro atoms. The first-order chi connectivity index (χ1) is 18.2. The molecule has 192 valence electrons. The van der Waals surface area contributed by atoms with E-state index in [1.54, 1.807) is 33.6 Å². The van der Waals surface area contributed by atoms with Gasteiger partial charge in [-0.15, -0.1) is 0 Å². The second-order valence-corrected chi connectivity index (χ2v) is 9.23. The summed E-state index contributed by atoms with van der Waals surface area (Å²) in [6.07, 6.45) is 0. The second-order valence-electron chi connectivity index (χ2n) is 9.23. The molecule has 38 heavy (non-hydrogen) atoms. The fraction of sp³-hybridized carbons (Fsp3) is 0.172. The van der Waals surface area contributed by atoms with Crippen LogP contribution in [0.15, 0.2) is 95.3 Å². The van der Waals surface area contributed by atoms with Crippen molar-refractivity contribution >= 4 is 22.9 Å². The zero-order chi connectivity index (χ0) is 27.1. The van der Waals surface area contributed by atoms with Crippen LogP contribution in [0, 0.1) is 17.0 Å². The molecule has 0 radical (unpaired) electrons. The molecule has 1 atom stereocenters. The van der Waals surface area contributed by atoms with Gasteiger partial charge in [-0.25, -0.2) is 14.7 Å². The summed E-state index contributed by atoms with van der Waals surface area (Å²) >= 11 is 0. The number of para-hydroxylation sites is 2. The SMILES string of the molecule is Cc1c(C(=C2C(=O)N(c3ccccc3)N(C)C2C)c2ccc([N+](=O)[O-])cc2)c(=O)n(-c2ccccc2)n1C. The summed E-state index contributed by atoms with van der Waals surface area (Å²) in [7, 11) is 3.63. The van der Waals surface area contributed by atoms with Crippen LogP contribution in [0.2, 0.25) is 0 Å². The van der Waals surface area contributed by atoms with Crippen molar-refractivity contribution in [3.63, 3.8) is 0 Å². The number of carbonyl (C=O) groups is 1. The van der Waals surface area contributed by atoms with E-state index in [0.29, 0.717) is 39.3 Å². The number of likely N-dealkylation sites (N-methyl/N-ethyl adjacent to an activating group) is 1. The fourth-order valence-electron chi connectivity index (χ4n) is 5.02. The molecule has 0 saturated carbocycles. The minimum absolute atomic E-state index is 0.0709. The van der Waals surface area contributed by atoms with E-state index in [4.69, 9.17) is 0 Å². The molecular weight excluding hydrogens is 482 g/mol. The zero-order valence-electron chi connectivity index (χ0n) is 21.5. The van der Waals surface area contributed by atoms with Crippen LogP contribution in [-0.2, 0) is 11.8 Å². The lowest BCUT2D eigenvalue weighted by Crippen LogP contribution is -2.38. The number of hydrogen-bond donors (Lipinski definition) is 0.